The molecule has 0 amide bonds. The second-order valence-corrected chi connectivity index (χ2v) is 7.23. The first-order chi connectivity index (χ1) is 9.27. The molecule has 1 rings (SSSR count). The van der Waals surface area contributed by atoms with E-state index < -0.39 is 22.0 Å². The Morgan fingerprint density at radius 2 is 2.05 bits per heavy atom. The Hall–Kier alpha value is -1.05. The quantitative estimate of drug-likeness (QED) is 0.801. The summed E-state index contributed by atoms with van der Waals surface area (Å²) >= 11 is 1.48. The highest BCUT2D eigenvalue weighted by Gasteiger charge is 2.25. The van der Waals surface area contributed by atoms with Crippen LogP contribution in [0.1, 0.15) is 17.5 Å². The number of rotatable bonds is 7. The van der Waals surface area contributed by atoms with Crippen molar-refractivity contribution < 1.29 is 18.3 Å². The van der Waals surface area contributed by atoms with Gasteiger partial charge in [0.05, 0.1) is 4.90 Å². The number of aliphatic carboxylic acids is 1. The molecule has 20 heavy (non-hydrogen) atoms. The van der Waals surface area contributed by atoms with Gasteiger partial charge in [-0.15, -0.1) is 0 Å². The average molecular weight is 317 g/mol. The molecule has 2 N–H and O–H groups in total. The molecular weight excluding hydrogens is 298 g/mol. The van der Waals surface area contributed by atoms with Crippen molar-refractivity contribution in [2.24, 2.45) is 0 Å². The van der Waals surface area contributed by atoms with Gasteiger partial charge < -0.3 is 5.11 Å². The van der Waals surface area contributed by atoms with Gasteiger partial charge in [-0.05, 0) is 43.9 Å². The van der Waals surface area contributed by atoms with Gasteiger partial charge in [-0.3, -0.25) is 4.79 Å². The van der Waals surface area contributed by atoms with E-state index in [1.54, 1.807) is 19.1 Å². The minimum Gasteiger partial charge on any atom is -0.480 e. The summed E-state index contributed by atoms with van der Waals surface area (Å²) in [4.78, 5) is 11.2. The summed E-state index contributed by atoms with van der Waals surface area (Å²) in [5, 5.41) is 9.09. The number of aryl methyl sites for hydroxylation is 2. The molecule has 0 aliphatic rings. The second kappa shape index (κ2) is 7.10. The Morgan fingerprint density at radius 1 is 1.40 bits per heavy atom. The van der Waals surface area contributed by atoms with E-state index in [2.05, 4.69) is 4.72 Å². The first-order valence-electron chi connectivity index (χ1n) is 6.09. The summed E-state index contributed by atoms with van der Waals surface area (Å²) in [6, 6.07) is 3.85. The lowest BCUT2D eigenvalue weighted by Gasteiger charge is -2.15. The molecule has 0 spiro atoms. The van der Waals surface area contributed by atoms with Gasteiger partial charge in [0.15, 0.2) is 0 Å². The van der Waals surface area contributed by atoms with Gasteiger partial charge in [0.2, 0.25) is 10.0 Å². The number of sulfonamides is 1. The van der Waals surface area contributed by atoms with E-state index in [0.29, 0.717) is 11.3 Å². The first kappa shape index (κ1) is 17.0. The summed E-state index contributed by atoms with van der Waals surface area (Å²) in [7, 11) is -3.82. The largest absolute Gasteiger partial charge is 0.480 e. The summed E-state index contributed by atoms with van der Waals surface area (Å²) in [5.74, 6) is -0.584. The minimum absolute atomic E-state index is 0.124. The molecule has 0 saturated carbocycles. The van der Waals surface area contributed by atoms with E-state index >= 15 is 0 Å². The van der Waals surface area contributed by atoms with E-state index in [0.717, 1.165) is 5.56 Å². The van der Waals surface area contributed by atoms with Crippen LogP contribution in [-0.2, 0) is 14.8 Å². The molecule has 0 aliphatic carbocycles. The maximum atomic E-state index is 12.3. The number of nitrogens with one attached hydrogen (secondary N) is 1. The van der Waals surface area contributed by atoms with Gasteiger partial charge in [-0.2, -0.15) is 16.5 Å². The summed E-state index contributed by atoms with van der Waals surface area (Å²) < 4.78 is 26.8. The molecule has 0 aliphatic heterocycles. The van der Waals surface area contributed by atoms with Crippen molar-refractivity contribution >= 4 is 27.8 Å². The predicted octanol–water partition coefficient (Wildman–Crippen LogP) is 1.79. The number of thioether (sulfide) groups is 1. The topological polar surface area (TPSA) is 83.5 Å². The van der Waals surface area contributed by atoms with E-state index in [1.807, 2.05) is 13.2 Å². The Kier molecular flexibility index (Phi) is 6.04. The van der Waals surface area contributed by atoms with Crippen LogP contribution in [0.2, 0.25) is 0 Å². The summed E-state index contributed by atoms with van der Waals surface area (Å²) in [5.41, 5.74) is 1.56. The SMILES string of the molecule is CSCC[C@@H](NS(=O)(=O)c1ccc(C)cc1C)C(=O)O. The van der Waals surface area contributed by atoms with Crippen molar-refractivity contribution in [2.45, 2.75) is 31.2 Å². The maximum absolute atomic E-state index is 12.3. The van der Waals surface area contributed by atoms with Crippen molar-refractivity contribution in [2.75, 3.05) is 12.0 Å². The molecule has 0 aromatic heterocycles. The van der Waals surface area contributed by atoms with Crippen LogP contribution in [0.15, 0.2) is 23.1 Å². The van der Waals surface area contributed by atoms with Crippen LogP contribution in [0.5, 0.6) is 0 Å². The van der Waals surface area contributed by atoms with Crippen LogP contribution in [0.25, 0.3) is 0 Å². The van der Waals surface area contributed by atoms with Crippen LogP contribution in [0.3, 0.4) is 0 Å². The van der Waals surface area contributed by atoms with Gasteiger partial charge in [0, 0.05) is 0 Å². The molecule has 1 aromatic rings. The van der Waals surface area contributed by atoms with Gasteiger partial charge >= 0.3 is 5.97 Å². The average Bonchev–Trinajstić information content (AvgIpc) is 2.33. The molecule has 112 valence electrons. The van der Waals surface area contributed by atoms with Crippen molar-refractivity contribution in [1.29, 1.82) is 0 Å². The Bertz CT molecular complexity index is 584. The number of benzene rings is 1. The van der Waals surface area contributed by atoms with Crippen molar-refractivity contribution in [1.82, 2.24) is 4.72 Å². The number of hydrogen-bond donors (Lipinski definition) is 2. The van der Waals surface area contributed by atoms with Gasteiger partial charge in [-0.1, -0.05) is 17.7 Å². The Balaban J connectivity index is 3.00. The molecule has 1 atom stereocenters. The third-order valence-electron chi connectivity index (χ3n) is 2.83. The zero-order valence-corrected chi connectivity index (χ0v) is 13.3. The summed E-state index contributed by atoms with van der Waals surface area (Å²) in [6.45, 7) is 3.56. The Morgan fingerprint density at radius 3 is 2.55 bits per heavy atom. The van der Waals surface area contributed by atoms with E-state index in [1.165, 1.54) is 17.8 Å². The first-order valence-corrected chi connectivity index (χ1v) is 8.97. The molecule has 1 aromatic carbocycles. The Labute approximate surface area is 123 Å². The lowest BCUT2D eigenvalue weighted by atomic mass is 10.2. The molecule has 7 heteroatoms. The van der Waals surface area contributed by atoms with Crippen molar-refractivity contribution in [3.8, 4) is 0 Å². The fourth-order valence-electron chi connectivity index (χ4n) is 1.82. The van der Waals surface area contributed by atoms with Crippen LogP contribution in [0, 0.1) is 13.8 Å². The zero-order chi connectivity index (χ0) is 15.3. The van der Waals surface area contributed by atoms with Crippen molar-refractivity contribution in [3.63, 3.8) is 0 Å². The minimum atomic E-state index is -3.82. The second-order valence-electron chi connectivity index (χ2n) is 4.56. The number of hydrogen-bond acceptors (Lipinski definition) is 4. The molecule has 0 saturated heterocycles. The van der Waals surface area contributed by atoms with Crippen LogP contribution in [0.4, 0.5) is 0 Å². The highest BCUT2D eigenvalue weighted by atomic mass is 32.2. The molecule has 0 radical (unpaired) electrons. The zero-order valence-electron chi connectivity index (χ0n) is 11.7. The highest BCUT2D eigenvalue weighted by molar-refractivity contribution is 7.98. The fraction of sp³-hybridized carbons (Fsp3) is 0.462. The van der Waals surface area contributed by atoms with Gasteiger partial charge in [0.1, 0.15) is 6.04 Å². The number of carboxylic acid groups (broad SMARTS) is 1. The molecule has 0 bridgehead atoms. The molecule has 0 fully saturated rings. The van der Waals surface area contributed by atoms with Crippen molar-refractivity contribution in [3.05, 3.63) is 29.3 Å². The summed E-state index contributed by atoms with van der Waals surface area (Å²) in [6.07, 6.45) is 2.10. The molecular formula is C13H19NO4S2. The number of carboxylic acids is 1. The standard InChI is InChI=1S/C13H19NO4S2/c1-9-4-5-12(10(2)8-9)20(17,18)14-11(13(15)16)6-7-19-3/h4-5,8,11,14H,6-7H2,1-3H3,(H,15,16)/t11-/m1/s1. The van der Waals surface area contributed by atoms with E-state index in [4.69, 9.17) is 5.11 Å². The number of carbonyl (C=O) groups is 1. The van der Waals surface area contributed by atoms with Gasteiger partial charge in [-0.25, -0.2) is 8.42 Å². The lowest BCUT2D eigenvalue weighted by Crippen LogP contribution is -2.41. The van der Waals surface area contributed by atoms with Gasteiger partial charge in [0.25, 0.3) is 0 Å². The van der Waals surface area contributed by atoms with Crippen LogP contribution in [-0.4, -0.2) is 37.5 Å². The maximum Gasteiger partial charge on any atom is 0.321 e. The molecule has 0 unspecified atom stereocenters. The van der Waals surface area contributed by atoms with Crippen LogP contribution < -0.4 is 4.72 Å². The predicted molar refractivity (Wildman–Crippen MR) is 80.7 cm³/mol. The molecule has 0 heterocycles. The third-order valence-corrected chi connectivity index (χ3v) is 5.10. The molecule has 5 nitrogen and oxygen atoms in total. The third kappa shape index (κ3) is 4.50. The highest BCUT2D eigenvalue weighted by Crippen LogP contribution is 2.17. The normalized spacial score (nSPS) is 13.2. The lowest BCUT2D eigenvalue weighted by molar-refractivity contribution is -0.139. The monoisotopic (exact) mass is 317 g/mol. The van der Waals surface area contributed by atoms with E-state index in [9.17, 15) is 13.2 Å². The fourth-order valence-corrected chi connectivity index (χ4v) is 3.74. The van der Waals surface area contributed by atoms with E-state index in [-0.39, 0.29) is 11.3 Å². The smallest absolute Gasteiger partial charge is 0.321 e. The van der Waals surface area contributed by atoms with Crippen LogP contribution >= 0.6 is 11.8 Å².